The molecule has 0 N–H and O–H groups in total. The molecular weight excluding hydrogens is 318 g/mol. The largest absolute Gasteiger partial charge is 0.304 e. The molecule has 0 radical (unpaired) electrons. The average molecular weight is 339 g/mol. The van der Waals surface area contributed by atoms with Crippen molar-refractivity contribution in [2.75, 3.05) is 14.1 Å². The zero-order chi connectivity index (χ0) is 9.97. The van der Waals surface area contributed by atoms with Gasteiger partial charge in [-0.1, -0.05) is 15.9 Å². The van der Waals surface area contributed by atoms with E-state index in [1.54, 1.807) is 0 Å². The predicted molar refractivity (Wildman–Crippen MR) is 73.1 cm³/mol. The Hall–Kier alpha value is 0.920. The van der Waals surface area contributed by atoms with Gasteiger partial charge in [-0.2, -0.15) is 0 Å². The SMILES string of the molecule is Br.CN(C)C12CC3CC(CC(Br)(C3)C1)C2. The molecular formula is C12H21Br2N. The Morgan fingerprint density at radius 2 is 1.60 bits per heavy atom. The number of hydrogen-bond acceptors (Lipinski definition) is 1. The van der Waals surface area contributed by atoms with Gasteiger partial charge in [-0.05, 0) is 64.5 Å². The van der Waals surface area contributed by atoms with Crippen molar-refractivity contribution in [3.8, 4) is 0 Å². The van der Waals surface area contributed by atoms with Gasteiger partial charge < -0.3 is 4.90 Å². The molecule has 4 bridgehead atoms. The Labute approximate surface area is 112 Å². The van der Waals surface area contributed by atoms with Crippen LogP contribution in [-0.4, -0.2) is 28.9 Å². The molecule has 1 nitrogen and oxygen atoms in total. The Bertz CT molecular complexity index is 250. The molecule has 2 unspecified atom stereocenters. The van der Waals surface area contributed by atoms with Gasteiger partial charge in [0.25, 0.3) is 0 Å². The third-order valence-corrected chi connectivity index (χ3v) is 5.84. The summed E-state index contributed by atoms with van der Waals surface area (Å²) in [6.07, 6.45) is 8.72. The van der Waals surface area contributed by atoms with Crippen molar-refractivity contribution in [3.63, 3.8) is 0 Å². The van der Waals surface area contributed by atoms with E-state index in [1.165, 1.54) is 38.5 Å². The molecule has 2 atom stereocenters. The third kappa shape index (κ3) is 1.83. The first-order valence-electron chi connectivity index (χ1n) is 5.88. The minimum Gasteiger partial charge on any atom is -0.304 e. The minimum absolute atomic E-state index is 0. The van der Waals surface area contributed by atoms with E-state index < -0.39 is 0 Å². The van der Waals surface area contributed by atoms with Gasteiger partial charge in [0, 0.05) is 9.86 Å². The van der Waals surface area contributed by atoms with Gasteiger partial charge in [-0.25, -0.2) is 0 Å². The van der Waals surface area contributed by atoms with E-state index in [0.717, 1.165) is 11.8 Å². The molecule has 0 heterocycles. The molecule has 4 aliphatic rings. The van der Waals surface area contributed by atoms with E-state index in [9.17, 15) is 0 Å². The molecule has 0 saturated heterocycles. The first-order valence-corrected chi connectivity index (χ1v) is 6.67. The molecule has 0 aromatic rings. The number of nitrogens with zero attached hydrogens (tertiary/aromatic N) is 1. The lowest BCUT2D eigenvalue weighted by molar-refractivity contribution is -0.0549. The summed E-state index contributed by atoms with van der Waals surface area (Å²) in [7, 11) is 4.56. The van der Waals surface area contributed by atoms with E-state index in [2.05, 4.69) is 34.9 Å². The van der Waals surface area contributed by atoms with Crippen molar-refractivity contribution >= 4 is 32.9 Å². The fraction of sp³-hybridized carbons (Fsp3) is 1.00. The highest BCUT2D eigenvalue weighted by Crippen LogP contribution is 2.61. The second-order valence-electron chi connectivity index (χ2n) is 6.23. The highest BCUT2D eigenvalue weighted by molar-refractivity contribution is 9.10. The normalized spacial score (nSPS) is 52.0. The van der Waals surface area contributed by atoms with Crippen LogP contribution < -0.4 is 0 Å². The Morgan fingerprint density at radius 1 is 1.07 bits per heavy atom. The molecule has 0 amide bonds. The number of rotatable bonds is 1. The quantitative estimate of drug-likeness (QED) is 0.660. The number of hydrogen-bond donors (Lipinski definition) is 0. The van der Waals surface area contributed by atoms with E-state index in [4.69, 9.17) is 0 Å². The maximum absolute atomic E-state index is 4.03. The van der Waals surface area contributed by atoms with Crippen molar-refractivity contribution in [2.24, 2.45) is 11.8 Å². The molecule has 4 saturated carbocycles. The molecule has 4 rings (SSSR count). The molecule has 3 heteroatoms. The van der Waals surface area contributed by atoms with Crippen LogP contribution in [0.25, 0.3) is 0 Å². The van der Waals surface area contributed by atoms with Crippen molar-refractivity contribution in [1.82, 2.24) is 4.90 Å². The lowest BCUT2D eigenvalue weighted by Crippen LogP contribution is -2.62. The van der Waals surface area contributed by atoms with Gasteiger partial charge in [0.15, 0.2) is 0 Å². The number of alkyl halides is 1. The molecule has 88 valence electrons. The zero-order valence-corrected chi connectivity index (χ0v) is 12.9. The maximum Gasteiger partial charge on any atom is 0.0280 e. The lowest BCUT2D eigenvalue weighted by atomic mass is 9.52. The summed E-state index contributed by atoms with van der Waals surface area (Å²) < 4.78 is 0.515. The van der Waals surface area contributed by atoms with Gasteiger partial charge in [-0.3, -0.25) is 0 Å². The maximum atomic E-state index is 4.03. The van der Waals surface area contributed by atoms with Gasteiger partial charge in [0.05, 0.1) is 0 Å². The predicted octanol–water partition coefficient (Wildman–Crippen LogP) is 3.61. The second kappa shape index (κ2) is 3.71. The summed E-state index contributed by atoms with van der Waals surface area (Å²) in [5.41, 5.74) is 0.549. The van der Waals surface area contributed by atoms with Crippen molar-refractivity contribution in [2.45, 2.75) is 48.4 Å². The number of halogens is 2. The molecule has 15 heavy (non-hydrogen) atoms. The Balaban J connectivity index is 0.000000853. The van der Waals surface area contributed by atoms with E-state index in [-0.39, 0.29) is 17.0 Å². The third-order valence-electron chi connectivity index (χ3n) is 4.91. The van der Waals surface area contributed by atoms with Crippen LogP contribution in [0.2, 0.25) is 0 Å². The fourth-order valence-electron chi connectivity index (χ4n) is 4.63. The van der Waals surface area contributed by atoms with Crippen molar-refractivity contribution in [3.05, 3.63) is 0 Å². The smallest absolute Gasteiger partial charge is 0.0280 e. The van der Waals surface area contributed by atoms with Gasteiger partial charge in [0.1, 0.15) is 0 Å². The first-order chi connectivity index (χ1) is 6.51. The minimum atomic E-state index is 0. The Kier molecular flexibility index (Phi) is 3.06. The molecule has 0 aromatic heterocycles. The van der Waals surface area contributed by atoms with Crippen LogP contribution >= 0.6 is 32.9 Å². The highest BCUT2D eigenvalue weighted by atomic mass is 79.9. The zero-order valence-electron chi connectivity index (χ0n) is 9.63. The van der Waals surface area contributed by atoms with Crippen molar-refractivity contribution < 1.29 is 0 Å². The van der Waals surface area contributed by atoms with Crippen LogP contribution in [0.15, 0.2) is 0 Å². The van der Waals surface area contributed by atoms with Crippen LogP contribution in [0.1, 0.15) is 38.5 Å². The van der Waals surface area contributed by atoms with Crippen LogP contribution in [0.4, 0.5) is 0 Å². The van der Waals surface area contributed by atoms with Crippen LogP contribution in [0.3, 0.4) is 0 Å². The molecule has 4 aliphatic carbocycles. The molecule has 0 aliphatic heterocycles. The van der Waals surface area contributed by atoms with E-state index in [1.807, 2.05) is 0 Å². The van der Waals surface area contributed by atoms with Crippen LogP contribution in [-0.2, 0) is 0 Å². The summed E-state index contributed by atoms with van der Waals surface area (Å²) in [6, 6.07) is 0. The highest BCUT2D eigenvalue weighted by Gasteiger charge is 2.57. The van der Waals surface area contributed by atoms with Crippen molar-refractivity contribution in [1.29, 1.82) is 0 Å². The van der Waals surface area contributed by atoms with Gasteiger partial charge >= 0.3 is 0 Å². The van der Waals surface area contributed by atoms with Gasteiger partial charge in [0.2, 0.25) is 0 Å². The van der Waals surface area contributed by atoms with E-state index >= 15 is 0 Å². The summed E-state index contributed by atoms with van der Waals surface area (Å²) in [4.78, 5) is 2.51. The van der Waals surface area contributed by atoms with Crippen LogP contribution in [0, 0.1) is 11.8 Å². The van der Waals surface area contributed by atoms with Gasteiger partial charge in [-0.15, -0.1) is 17.0 Å². The molecule has 0 spiro atoms. The molecule has 0 aromatic carbocycles. The summed E-state index contributed by atoms with van der Waals surface area (Å²) in [5.74, 6) is 2.02. The monoisotopic (exact) mass is 337 g/mol. The fourth-order valence-corrected chi connectivity index (χ4v) is 6.06. The average Bonchev–Trinajstić information content (AvgIpc) is 1.98. The van der Waals surface area contributed by atoms with Crippen LogP contribution in [0.5, 0.6) is 0 Å². The summed E-state index contributed by atoms with van der Waals surface area (Å²) >= 11 is 4.03. The molecule has 4 fully saturated rings. The lowest BCUT2D eigenvalue weighted by Gasteiger charge is -2.62. The summed E-state index contributed by atoms with van der Waals surface area (Å²) in [5, 5.41) is 0. The summed E-state index contributed by atoms with van der Waals surface area (Å²) in [6.45, 7) is 0. The Morgan fingerprint density at radius 3 is 2.00 bits per heavy atom. The van der Waals surface area contributed by atoms with E-state index in [0.29, 0.717) is 9.86 Å². The standard InChI is InChI=1S/C12H20BrN.BrH/c1-14(2)12-6-9-3-10(7-12)5-11(13,4-9)8-12;/h9-10H,3-8H2,1-2H3;1H. The second-order valence-corrected chi connectivity index (χ2v) is 7.91. The topological polar surface area (TPSA) is 3.24 Å². The first kappa shape index (κ1) is 12.4.